The van der Waals surface area contributed by atoms with Gasteiger partial charge in [0, 0.05) is 6.04 Å². The van der Waals surface area contributed by atoms with Crippen LogP contribution in [-0.2, 0) is 0 Å². The molecule has 1 heterocycles. The van der Waals surface area contributed by atoms with E-state index in [2.05, 4.69) is 22.3 Å². The van der Waals surface area contributed by atoms with Crippen molar-refractivity contribution in [2.75, 3.05) is 0 Å². The molecule has 2 fully saturated rings. The van der Waals surface area contributed by atoms with Gasteiger partial charge in [-0.05, 0) is 65.8 Å². The summed E-state index contributed by atoms with van der Waals surface area (Å²) < 4.78 is 0. The lowest BCUT2D eigenvalue weighted by Crippen LogP contribution is -2.30. The molecule has 0 radical (unpaired) electrons. The second-order valence-electron chi connectivity index (χ2n) is 5.45. The molecule has 1 aromatic rings. The molecule has 0 amide bonds. The van der Waals surface area contributed by atoms with Crippen molar-refractivity contribution in [3.63, 3.8) is 0 Å². The van der Waals surface area contributed by atoms with Crippen LogP contribution >= 0.6 is 11.3 Å². The van der Waals surface area contributed by atoms with Gasteiger partial charge in [-0.15, -0.1) is 0 Å². The minimum Gasteiger partial charge on any atom is -0.271 e. The molecule has 0 aromatic carbocycles. The van der Waals surface area contributed by atoms with Crippen LogP contribution in [-0.4, -0.2) is 0 Å². The van der Waals surface area contributed by atoms with E-state index in [-0.39, 0.29) is 0 Å². The number of nitrogens with two attached hydrogens (primary N) is 1. The zero-order chi connectivity index (χ0) is 11.0. The number of hydrogen-bond acceptors (Lipinski definition) is 3. The second kappa shape index (κ2) is 4.47. The summed E-state index contributed by atoms with van der Waals surface area (Å²) >= 11 is 1.76. The summed E-state index contributed by atoms with van der Waals surface area (Å²) in [6.45, 7) is 0. The Morgan fingerprint density at radius 2 is 2.38 bits per heavy atom. The molecule has 0 saturated heterocycles. The summed E-state index contributed by atoms with van der Waals surface area (Å²) in [5.41, 5.74) is 4.37. The molecule has 2 bridgehead atoms. The summed E-state index contributed by atoms with van der Waals surface area (Å²) in [7, 11) is 0. The molecule has 2 saturated carbocycles. The molecule has 88 valence electrons. The molecule has 3 rings (SSSR count). The number of hydrogen-bond donors (Lipinski definition) is 2. The standard InChI is InChI=1S/C13H20N2S/c14-15-13(11-3-4-16-8-11)7-12-6-9-1-2-10(12)5-9/h3-4,8-10,12-13,15H,1-2,5-7,14H2. The minimum absolute atomic E-state index is 0.371. The summed E-state index contributed by atoms with van der Waals surface area (Å²) in [4.78, 5) is 0. The van der Waals surface area contributed by atoms with E-state index in [1.165, 1.54) is 37.7 Å². The Morgan fingerprint density at radius 1 is 1.44 bits per heavy atom. The molecule has 4 unspecified atom stereocenters. The van der Waals surface area contributed by atoms with Gasteiger partial charge in [0.25, 0.3) is 0 Å². The third-order valence-electron chi connectivity index (χ3n) is 4.57. The van der Waals surface area contributed by atoms with Gasteiger partial charge in [-0.25, -0.2) is 0 Å². The van der Waals surface area contributed by atoms with E-state index >= 15 is 0 Å². The second-order valence-corrected chi connectivity index (χ2v) is 6.23. The van der Waals surface area contributed by atoms with Gasteiger partial charge in [-0.1, -0.05) is 6.42 Å². The Labute approximate surface area is 101 Å². The first-order valence-corrected chi connectivity index (χ1v) is 7.29. The summed E-state index contributed by atoms with van der Waals surface area (Å²) in [6, 6.07) is 2.57. The SMILES string of the molecule is NNC(CC1CC2CCC1C2)c1ccsc1. The van der Waals surface area contributed by atoms with Crippen LogP contribution in [0.2, 0.25) is 0 Å². The third-order valence-corrected chi connectivity index (χ3v) is 5.27. The molecule has 16 heavy (non-hydrogen) atoms. The van der Waals surface area contributed by atoms with E-state index in [4.69, 9.17) is 5.84 Å². The van der Waals surface area contributed by atoms with Crippen LogP contribution < -0.4 is 11.3 Å². The Kier molecular flexibility index (Phi) is 3.01. The largest absolute Gasteiger partial charge is 0.271 e. The van der Waals surface area contributed by atoms with Crippen LogP contribution in [0.4, 0.5) is 0 Å². The molecular formula is C13H20N2S. The first-order chi connectivity index (χ1) is 7.86. The number of fused-ring (bicyclic) bond motifs is 2. The first-order valence-electron chi connectivity index (χ1n) is 6.35. The number of rotatable bonds is 4. The molecule has 0 spiro atoms. The third kappa shape index (κ3) is 1.92. The van der Waals surface area contributed by atoms with Crippen LogP contribution in [0.5, 0.6) is 0 Å². The molecule has 2 aliphatic carbocycles. The van der Waals surface area contributed by atoms with Crippen LogP contribution in [0.3, 0.4) is 0 Å². The summed E-state index contributed by atoms with van der Waals surface area (Å²) in [6.07, 6.45) is 7.13. The van der Waals surface area contributed by atoms with Crippen molar-refractivity contribution in [1.29, 1.82) is 0 Å². The summed E-state index contributed by atoms with van der Waals surface area (Å²) in [5.74, 6) is 8.65. The number of nitrogens with one attached hydrogen (secondary N) is 1. The maximum atomic E-state index is 5.69. The normalized spacial score (nSPS) is 34.4. The highest BCUT2D eigenvalue weighted by Gasteiger charge is 2.40. The highest BCUT2D eigenvalue weighted by molar-refractivity contribution is 7.07. The highest BCUT2D eigenvalue weighted by atomic mass is 32.1. The molecule has 2 nitrogen and oxygen atoms in total. The van der Waals surface area contributed by atoms with Crippen molar-refractivity contribution in [2.45, 2.75) is 38.1 Å². The van der Waals surface area contributed by atoms with E-state index < -0.39 is 0 Å². The van der Waals surface area contributed by atoms with E-state index in [0.29, 0.717) is 6.04 Å². The summed E-state index contributed by atoms with van der Waals surface area (Å²) in [5, 5.41) is 4.36. The van der Waals surface area contributed by atoms with Crippen LogP contribution in [0, 0.1) is 17.8 Å². The zero-order valence-corrected chi connectivity index (χ0v) is 10.4. The van der Waals surface area contributed by atoms with E-state index in [1.807, 2.05) is 0 Å². The van der Waals surface area contributed by atoms with Crippen molar-refractivity contribution in [3.8, 4) is 0 Å². The van der Waals surface area contributed by atoms with Gasteiger partial charge in [0.05, 0.1) is 0 Å². The van der Waals surface area contributed by atoms with Crippen LogP contribution in [0.15, 0.2) is 16.8 Å². The van der Waals surface area contributed by atoms with E-state index in [1.54, 1.807) is 11.3 Å². The van der Waals surface area contributed by atoms with E-state index in [9.17, 15) is 0 Å². The fraction of sp³-hybridized carbons (Fsp3) is 0.692. The van der Waals surface area contributed by atoms with Gasteiger partial charge in [-0.3, -0.25) is 11.3 Å². The van der Waals surface area contributed by atoms with E-state index in [0.717, 1.165) is 17.8 Å². The maximum Gasteiger partial charge on any atom is 0.0470 e. The molecule has 3 N–H and O–H groups in total. The molecule has 1 aromatic heterocycles. The molecule has 3 heteroatoms. The quantitative estimate of drug-likeness (QED) is 0.623. The van der Waals surface area contributed by atoms with Gasteiger partial charge in [0.15, 0.2) is 0 Å². The smallest absolute Gasteiger partial charge is 0.0470 e. The average molecular weight is 236 g/mol. The number of hydrazine groups is 1. The van der Waals surface area contributed by atoms with Gasteiger partial charge >= 0.3 is 0 Å². The van der Waals surface area contributed by atoms with Gasteiger partial charge < -0.3 is 0 Å². The van der Waals surface area contributed by atoms with Crippen molar-refractivity contribution in [1.82, 2.24) is 5.43 Å². The van der Waals surface area contributed by atoms with Gasteiger partial charge in [0.2, 0.25) is 0 Å². The fourth-order valence-corrected chi connectivity index (χ4v) is 4.46. The molecule has 2 aliphatic rings. The first kappa shape index (κ1) is 10.8. The molecule has 0 aliphatic heterocycles. The predicted octanol–water partition coefficient (Wildman–Crippen LogP) is 3.08. The number of thiophene rings is 1. The Hall–Kier alpha value is -0.380. The average Bonchev–Trinajstić information content (AvgIpc) is 3.01. The lowest BCUT2D eigenvalue weighted by atomic mass is 9.83. The Morgan fingerprint density at radius 3 is 2.94 bits per heavy atom. The van der Waals surface area contributed by atoms with Crippen molar-refractivity contribution in [2.24, 2.45) is 23.6 Å². The zero-order valence-electron chi connectivity index (χ0n) is 9.56. The monoisotopic (exact) mass is 236 g/mol. The predicted molar refractivity (Wildman–Crippen MR) is 67.9 cm³/mol. The molecular weight excluding hydrogens is 216 g/mol. The maximum absolute atomic E-state index is 5.69. The van der Waals surface area contributed by atoms with Crippen LogP contribution in [0.25, 0.3) is 0 Å². The lowest BCUT2D eigenvalue weighted by molar-refractivity contribution is 0.280. The topological polar surface area (TPSA) is 38.0 Å². The molecule has 4 atom stereocenters. The Bertz CT molecular complexity index is 336. The lowest BCUT2D eigenvalue weighted by Gasteiger charge is -2.26. The van der Waals surface area contributed by atoms with Crippen molar-refractivity contribution >= 4 is 11.3 Å². The minimum atomic E-state index is 0.371. The van der Waals surface area contributed by atoms with Crippen molar-refractivity contribution < 1.29 is 0 Å². The van der Waals surface area contributed by atoms with Gasteiger partial charge in [-0.2, -0.15) is 11.3 Å². The highest BCUT2D eigenvalue weighted by Crippen LogP contribution is 2.50. The van der Waals surface area contributed by atoms with Gasteiger partial charge in [0.1, 0.15) is 0 Å². The van der Waals surface area contributed by atoms with Crippen LogP contribution in [0.1, 0.15) is 43.7 Å². The fourth-order valence-electron chi connectivity index (χ4n) is 3.74. The Balaban J connectivity index is 1.65. The van der Waals surface area contributed by atoms with Crippen molar-refractivity contribution in [3.05, 3.63) is 22.4 Å².